The second-order valence-electron chi connectivity index (χ2n) is 6.74. The van der Waals surface area contributed by atoms with Crippen LogP contribution in [0.15, 0.2) is 18.6 Å². The fourth-order valence-corrected chi connectivity index (χ4v) is 2.86. The molecule has 7 nitrogen and oxygen atoms in total. The molecule has 0 aromatic carbocycles. The summed E-state index contributed by atoms with van der Waals surface area (Å²) >= 11 is 0. The van der Waals surface area contributed by atoms with Crippen LogP contribution in [0, 0.1) is 5.92 Å². The van der Waals surface area contributed by atoms with Crippen molar-refractivity contribution in [2.45, 2.75) is 58.2 Å². The smallest absolute Gasteiger partial charge is 0.337 e. The SMILES string of the molecule is CCCn1cnc2cnc(C[C@](O)(C(=O)O)[C@@H](N)CC(C)C)cc21. The third-order valence-electron chi connectivity index (χ3n) is 4.19. The third kappa shape index (κ3) is 3.73. The van der Waals surface area contributed by atoms with Crippen LogP contribution in [0.1, 0.15) is 39.3 Å². The van der Waals surface area contributed by atoms with E-state index >= 15 is 0 Å². The van der Waals surface area contributed by atoms with E-state index < -0.39 is 17.6 Å². The Morgan fingerprint density at radius 2 is 2.12 bits per heavy atom. The van der Waals surface area contributed by atoms with Crippen LogP contribution in [0.3, 0.4) is 0 Å². The first-order valence-corrected chi connectivity index (χ1v) is 8.29. The van der Waals surface area contributed by atoms with E-state index in [1.165, 1.54) is 0 Å². The summed E-state index contributed by atoms with van der Waals surface area (Å²) in [5.41, 5.74) is 6.07. The number of nitrogens with two attached hydrogens (primary N) is 1. The number of hydrogen-bond donors (Lipinski definition) is 3. The lowest BCUT2D eigenvalue weighted by Gasteiger charge is -2.30. The zero-order valence-electron chi connectivity index (χ0n) is 14.4. The van der Waals surface area contributed by atoms with Gasteiger partial charge in [0.25, 0.3) is 0 Å². The molecule has 2 aromatic heterocycles. The van der Waals surface area contributed by atoms with Gasteiger partial charge in [-0.1, -0.05) is 20.8 Å². The van der Waals surface area contributed by atoms with Crippen LogP contribution in [0.2, 0.25) is 0 Å². The minimum absolute atomic E-state index is 0.135. The van der Waals surface area contributed by atoms with Crippen LogP contribution >= 0.6 is 0 Å². The Balaban J connectivity index is 2.33. The van der Waals surface area contributed by atoms with Crippen LogP contribution in [0.25, 0.3) is 11.0 Å². The van der Waals surface area contributed by atoms with Crippen LogP contribution in [-0.4, -0.2) is 42.4 Å². The molecule has 2 aromatic rings. The highest BCUT2D eigenvalue weighted by molar-refractivity contribution is 5.79. The van der Waals surface area contributed by atoms with Gasteiger partial charge in [-0.3, -0.25) is 4.98 Å². The molecule has 4 N–H and O–H groups in total. The van der Waals surface area contributed by atoms with Crippen molar-refractivity contribution in [2.24, 2.45) is 11.7 Å². The van der Waals surface area contributed by atoms with Gasteiger partial charge in [-0.25, -0.2) is 9.78 Å². The van der Waals surface area contributed by atoms with E-state index in [4.69, 9.17) is 5.73 Å². The molecule has 2 rings (SSSR count). The van der Waals surface area contributed by atoms with E-state index in [0.717, 1.165) is 24.0 Å². The Bertz CT molecular complexity index is 713. The normalized spacial score (nSPS) is 15.6. The van der Waals surface area contributed by atoms with Crippen molar-refractivity contribution in [3.63, 3.8) is 0 Å². The number of aryl methyl sites for hydroxylation is 1. The summed E-state index contributed by atoms with van der Waals surface area (Å²) in [5, 5.41) is 20.2. The van der Waals surface area contributed by atoms with Gasteiger partial charge in [0, 0.05) is 24.7 Å². The molecule has 2 heterocycles. The zero-order chi connectivity index (χ0) is 17.9. The number of carboxylic acid groups (broad SMARTS) is 1. The fourth-order valence-electron chi connectivity index (χ4n) is 2.86. The van der Waals surface area contributed by atoms with E-state index in [1.54, 1.807) is 18.6 Å². The molecule has 0 amide bonds. The maximum Gasteiger partial charge on any atom is 0.337 e. The van der Waals surface area contributed by atoms with Crippen LogP contribution in [0.4, 0.5) is 0 Å². The quantitative estimate of drug-likeness (QED) is 0.675. The second kappa shape index (κ2) is 7.27. The second-order valence-corrected chi connectivity index (χ2v) is 6.74. The molecule has 24 heavy (non-hydrogen) atoms. The van der Waals surface area contributed by atoms with Gasteiger partial charge in [-0.15, -0.1) is 0 Å². The number of aliphatic carboxylic acids is 1. The van der Waals surface area contributed by atoms with E-state index in [1.807, 2.05) is 18.4 Å². The van der Waals surface area contributed by atoms with Gasteiger partial charge in [-0.2, -0.15) is 0 Å². The van der Waals surface area contributed by atoms with Crippen molar-refractivity contribution in [3.8, 4) is 0 Å². The number of nitrogens with zero attached hydrogens (tertiary/aromatic N) is 3. The number of aromatic nitrogens is 3. The third-order valence-corrected chi connectivity index (χ3v) is 4.19. The van der Waals surface area contributed by atoms with E-state index in [-0.39, 0.29) is 12.3 Å². The van der Waals surface area contributed by atoms with Gasteiger partial charge < -0.3 is 20.5 Å². The highest BCUT2D eigenvalue weighted by Gasteiger charge is 2.43. The van der Waals surface area contributed by atoms with Crippen LogP contribution in [0.5, 0.6) is 0 Å². The highest BCUT2D eigenvalue weighted by atomic mass is 16.4. The Morgan fingerprint density at radius 3 is 2.71 bits per heavy atom. The molecule has 0 spiro atoms. The maximum absolute atomic E-state index is 11.7. The molecule has 0 saturated carbocycles. The summed E-state index contributed by atoms with van der Waals surface area (Å²) in [6.45, 7) is 6.77. The molecule has 132 valence electrons. The summed E-state index contributed by atoms with van der Waals surface area (Å²) in [4.78, 5) is 20.2. The average Bonchev–Trinajstić information content (AvgIpc) is 2.89. The minimum atomic E-state index is -2.04. The Kier molecular flexibility index (Phi) is 5.56. The Morgan fingerprint density at radius 1 is 1.42 bits per heavy atom. The molecule has 0 radical (unpaired) electrons. The van der Waals surface area contributed by atoms with Crippen molar-refractivity contribution in [1.29, 1.82) is 0 Å². The van der Waals surface area contributed by atoms with Crippen molar-refractivity contribution in [1.82, 2.24) is 14.5 Å². The number of imidazole rings is 1. The number of rotatable bonds is 8. The van der Waals surface area contributed by atoms with Crippen LogP contribution < -0.4 is 5.73 Å². The van der Waals surface area contributed by atoms with Crippen molar-refractivity contribution >= 4 is 17.0 Å². The van der Waals surface area contributed by atoms with E-state index in [0.29, 0.717) is 12.1 Å². The number of carboxylic acids is 1. The lowest BCUT2D eigenvalue weighted by molar-refractivity contribution is -0.161. The topological polar surface area (TPSA) is 114 Å². The standard InChI is InChI=1S/C17H26N4O3/c1-4-5-21-10-20-13-9-19-12(7-14(13)21)8-17(24,16(22)23)15(18)6-11(2)3/h7,9-11,15,24H,4-6,8,18H2,1-3H3,(H,22,23)/t15-,17+/m0/s1. The van der Waals surface area contributed by atoms with Gasteiger partial charge in [0.1, 0.15) is 5.52 Å². The number of aliphatic hydroxyl groups is 1. The number of fused-ring (bicyclic) bond motifs is 1. The lowest BCUT2D eigenvalue weighted by Crippen LogP contribution is -2.56. The van der Waals surface area contributed by atoms with Crippen molar-refractivity contribution in [3.05, 3.63) is 24.3 Å². The summed E-state index contributed by atoms with van der Waals surface area (Å²) < 4.78 is 1.99. The maximum atomic E-state index is 11.7. The Hall–Kier alpha value is -1.99. The predicted octanol–water partition coefficient (Wildman–Crippen LogP) is 1.57. The van der Waals surface area contributed by atoms with Gasteiger partial charge >= 0.3 is 5.97 Å². The monoisotopic (exact) mass is 334 g/mol. The first-order valence-electron chi connectivity index (χ1n) is 8.29. The van der Waals surface area contributed by atoms with Crippen molar-refractivity contribution in [2.75, 3.05) is 0 Å². The highest BCUT2D eigenvalue weighted by Crippen LogP contribution is 2.23. The fraction of sp³-hybridized carbons (Fsp3) is 0.588. The number of hydrogen-bond acceptors (Lipinski definition) is 5. The van der Waals surface area contributed by atoms with Crippen molar-refractivity contribution < 1.29 is 15.0 Å². The molecular weight excluding hydrogens is 308 g/mol. The first-order chi connectivity index (χ1) is 11.3. The summed E-state index contributed by atoms with van der Waals surface area (Å²) in [7, 11) is 0. The number of carbonyl (C=O) groups is 1. The molecule has 7 heteroatoms. The molecular formula is C17H26N4O3. The predicted molar refractivity (Wildman–Crippen MR) is 91.5 cm³/mol. The molecule has 2 atom stereocenters. The van der Waals surface area contributed by atoms with Crippen LogP contribution in [-0.2, 0) is 17.8 Å². The zero-order valence-corrected chi connectivity index (χ0v) is 14.4. The minimum Gasteiger partial charge on any atom is -0.479 e. The largest absolute Gasteiger partial charge is 0.479 e. The average molecular weight is 334 g/mol. The first kappa shape index (κ1) is 18.4. The molecule has 0 saturated heterocycles. The summed E-state index contributed by atoms with van der Waals surface area (Å²) in [6.07, 6.45) is 4.59. The van der Waals surface area contributed by atoms with E-state index in [9.17, 15) is 15.0 Å². The molecule has 0 unspecified atom stereocenters. The molecule has 0 bridgehead atoms. The van der Waals surface area contributed by atoms with Gasteiger partial charge in [-0.05, 0) is 24.8 Å². The van der Waals surface area contributed by atoms with Gasteiger partial charge in [0.2, 0.25) is 0 Å². The molecule has 0 aliphatic carbocycles. The van der Waals surface area contributed by atoms with E-state index in [2.05, 4.69) is 16.9 Å². The lowest BCUT2D eigenvalue weighted by atomic mass is 9.84. The molecule has 0 aliphatic heterocycles. The van der Waals surface area contributed by atoms with Gasteiger partial charge in [0.15, 0.2) is 5.60 Å². The molecule has 0 fully saturated rings. The Labute approximate surface area is 141 Å². The molecule has 0 aliphatic rings. The summed E-state index contributed by atoms with van der Waals surface area (Å²) in [5.74, 6) is -1.13. The van der Waals surface area contributed by atoms with Gasteiger partial charge in [0.05, 0.1) is 18.0 Å². The number of pyridine rings is 1. The summed E-state index contributed by atoms with van der Waals surface area (Å²) in [6, 6.07) is 0.918.